The maximum Gasteiger partial charge on any atom is 0.273 e. The van der Waals surface area contributed by atoms with E-state index in [1.54, 1.807) is 26.2 Å². The highest BCUT2D eigenvalue weighted by atomic mass is 16.1. The third kappa shape index (κ3) is 4.11. The first kappa shape index (κ1) is 18.7. The van der Waals surface area contributed by atoms with E-state index >= 15 is 0 Å². The van der Waals surface area contributed by atoms with Gasteiger partial charge in [-0.15, -0.1) is 0 Å². The van der Waals surface area contributed by atoms with Crippen molar-refractivity contribution < 1.29 is 4.79 Å². The van der Waals surface area contributed by atoms with E-state index in [-0.39, 0.29) is 5.71 Å². The summed E-state index contributed by atoms with van der Waals surface area (Å²) < 4.78 is 0. The Morgan fingerprint density at radius 3 is 2.76 bits per heavy atom. The van der Waals surface area contributed by atoms with Gasteiger partial charge in [0.15, 0.2) is 0 Å². The molecule has 0 saturated heterocycles. The number of hydrogen-bond acceptors (Lipinski definition) is 6. The summed E-state index contributed by atoms with van der Waals surface area (Å²) >= 11 is 0. The van der Waals surface area contributed by atoms with Gasteiger partial charge in [0.1, 0.15) is 17.2 Å². The molecule has 0 aliphatic heterocycles. The Kier molecular flexibility index (Phi) is 4.75. The molecule has 3 aromatic rings. The van der Waals surface area contributed by atoms with Gasteiger partial charge in [-0.25, -0.2) is 9.97 Å². The number of aromatic amines is 1. The summed E-state index contributed by atoms with van der Waals surface area (Å²) in [7, 11) is 0. The minimum atomic E-state index is -0.519. The number of pyridine rings is 2. The van der Waals surface area contributed by atoms with E-state index in [1.807, 2.05) is 24.3 Å². The summed E-state index contributed by atoms with van der Waals surface area (Å²) in [6, 6.07) is 8.30. The minimum absolute atomic E-state index is 0.160. The molecule has 148 valence electrons. The van der Waals surface area contributed by atoms with Crippen molar-refractivity contribution in [1.29, 1.82) is 5.41 Å². The van der Waals surface area contributed by atoms with Crippen LogP contribution in [-0.2, 0) is 4.79 Å². The summed E-state index contributed by atoms with van der Waals surface area (Å²) in [5.74, 6) is 0.343. The highest BCUT2D eigenvalue weighted by molar-refractivity contribution is 6.47. The number of nitrogens with one attached hydrogen (secondary N) is 4. The molecule has 0 radical (unpaired) electrons. The quantitative estimate of drug-likeness (QED) is 0.412. The van der Waals surface area contributed by atoms with Gasteiger partial charge >= 0.3 is 0 Å². The van der Waals surface area contributed by atoms with Crippen LogP contribution in [0.2, 0.25) is 0 Å². The number of hydrogen-bond donors (Lipinski definition) is 5. The normalized spacial score (nSPS) is 14.4. The zero-order valence-corrected chi connectivity index (χ0v) is 16.3. The van der Waals surface area contributed by atoms with E-state index in [0.717, 1.165) is 28.1 Å². The fraction of sp³-hybridized carbons (Fsp3) is 0.238. The average Bonchev–Trinajstić information content (AvgIpc) is 3.41. The fourth-order valence-corrected chi connectivity index (χ4v) is 2.91. The van der Waals surface area contributed by atoms with E-state index in [9.17, 15) is 4.79 Å². The van der Waals surface area contributed by atoms with Crippen molar-refractivity contribution in [2.24, 2.45) is 5.73 Å². The van der Waals surface area contributed by atoms with Crippen LogP contribution in [0.3, 0.4) is 0 Å². The predicted molar refractivity (Wildman–Crippen MR) is 115 cm³/mol. The Labute approximate surface area is 168 Å². The minimum Gasteiger partial charge on any atom is -0.402 e. The second kappa shape index (κ2) is 7.38. The first-order valence-electron chi connectivity index (χ1n) is 9.45. The van der Waals surface area contributed by atoms with Crippen LogP contribution in [0.25, 0.3) is 22.3 Å². The van der Waals surface area contributed by atoms with Gasteiger partial charge in [0.2, 0.25) is 0 Å². The van der Waals surface area contributed by atoms with Crippen molar-refractivity contribution in [3.63, 3.8) is 0 Å². The zero-order chi connectivity index (χ0) is 20.5. The van der Waals surface area contributed by atoms with Crippen molar-refractivity contribution in [2.75, 3.05) is 10.6 Å². The van der Waals surface area contributed by atoms with Crippen LogP contribution in [-0.4, -0.2) is 32.6 Å². The Morgan fingerprint density at radius 1 is 1.24 bits per heavy atom. The number of aromatic nitrogens is 3. The molecule has 29 heavy (non-hydrogen) atoms. The van der Waals surface area contributed by atoms with Crippen molar-refractivity contribution in [3.05, 3.63) is 47.9 Å². The van der Waals surface area contributed by atoms with Crippen molar-refractivity contribution in [1.82, 2.24) is 15.0 Å². The molecule has 8 heteroatoms. The van der Waals surface area contributed by atoms with Gasteiger partial charge in [-0.2, -0.15) is 0 Å². The van der Waals surface area contributed by atoms with Crippen LogP contribution < -0.4 is 16.4 Å². The lowest BCUT2D eigenvalue weighted by atomic mass is 10.1. The third-order valence-electron chi connectivity index (χ3n) is 4.92. The Hall–Kier alpha value is -3.68. The lowest BCUT2D eigenvalue weighted by Gasteiger charge is -2.07. The molecule has 1 fully saturated rings. The van der Waals surface area contributed by atoms with Gasteiger partial charge in [-0.05, 0) is 56.5 Å². The molecule has 0 aromatic carbocycles. The Bertz CT molecular complexity index is 1140. The Morgan fingerprint density at radius 2 is 2.03 bits per heavy atom. The van der Waals surface area contributed by atoms with Gasteiger partial charge in [-0.1, -0.05) is 0 Å². The number of nitrogens with zero attached hydrogens (tertiary/aromatic N) is 2. The highest BCUT2D eigenvalue weighted by Crippen LogP contribution is 2.28. The zero-order valence-electron chi connectivity index (χ0n) is 16.3. The molecule has 1 saturated carbocycles. The number of carbonyl (C=O) groups is 1. The van der Waals surface area contributed by atoms with Gasteiger partial charge < -0.3 is 21.4 Å². The summed E-state index contributed by atoms with van der Waals surface area (Å²) in [6.07, 6.45) is 5.73. The molecule has 0 spiro atoms. The van der Waals surface area contributed by atoms with Crippen molar-refractivity contribution in [2.45, 2.75) is 32.7 Å². The fourth-order valence-electron chi connectivity index (χ4n) is 2.91. The number of nitrogens with two attached hydrogens (primary N) is 1. The molecule has 4 rings (SSSR count). The third-order valence-corrected chi connectivity index (χ3v) is 4.92. The SMILES string of the molecule is C/C(N)=C(\C)C(=N)C(=O)Nc1cnc2[nH]c(-c3ccnc(NC4CC4)c3)cc2c1. The standard InChI is InChI=1S/C21H23N7O/c1-11(12(2)22)19(23)21(29)27-16-7-14-8-17(28-20(14)25-10-16)13-5-6-24-18(9-13)26-15-3-4-15/h5-10,15,23H,3-4,22H2,1-2H3,(H,24,26)(H,25,28)(H,27,29)/b12-11-,23-19?. The summed E-state index contributed by atoms with van der Waals surface area (Å²) in [4.78, 5) is 24.3. The number of carbonyl (C=O) groups excluding carboxylic acids is 1. The first-order valence-corrected chi connectivity index (χ1v) is 9.45. The molecule has 8 nitrogen and oxygen atoms in total. The van der Waals surface area contributed by atoms with E-state index in [1.165, 1.54) is 12.8 Å². The molecular weight excluding hydrogens is 366 g/mol. The maximum atomic E-state index is 12.3. The molecule has 0 bridgehead atoms. The molecule has 1 aliphatic carbocycles. The van der Waals surface area contributed by atoms with Gasteiger partial charge in [0, 0.05) is 34.6 Å². The lowest BCUT2D eigenvalue weighted by Crippen LogP contribution is -2.24. The van der Waals surface area contributed by atoms with Crippen LogP contribution in [0.15, 0.2) is 47.9 Å². The smallest absolute Gasteiger partial charge is 0.273 e. The molecule has 0 atom stereocenters. The molecule has 3 heterocycles. The largest absolute Gasteiger partial charge is 0.402 e. The first-order chi connectivity index (χ1) is 13.9. The van der Waals surface area contributed by atoms with Crippen LogP contribution in [0, 0.1) is 5.41 Å². The number of rotatable bonds is 6. The average molecular weight is 389 g/mol. The van der Waals surface area contributed by atoms with Crippen LogP contribution in [0.1, 0.15) is 26.7 Å². The Balaban J connectivity index is 1.56. The van der Waals surface area contributed by atoms with Crippen LogP contribution in [0.5, 0.6) is 0 Å². The molecule has 6 N–H and O–H groups in total. The van der Waals surface area contributed by atoms with E-state index < -0.39 is 5.91 Å². The summed E-state index contributed by atoms with van der Waals surface area (Å²) in [5.41, 5.74) is 9.58. The molecule has 3 aromatic heterocycles. The number of allylic oxidation sites excluding steroid dienone is 1. The van der Waals surface area contributed by atoms with Crippen molar-refractivity contribution >= 4 is 34.2 Å². The van der Waals surface area contributed by atoms with Crippen molar-refractivity contribution in [3.8, 4) is 11.3 Å². The van der Waals surface area contributed by atoms with E-state index in [0.29, 0.717) is 23.0 Å². The second-order valence-electron chi connectivity index (χ2n) is 7.33. The van der Waals surface area contributed by atoms with E-state index in [4.69, 9.17) is 11.1 Å². The van der Waals surface area contributed by atoms with Gasteiger partial charge in [0.05, 0.1) is 11.9 Å². The second-order valence-corrected chi connectivity index (χ2v) is 7.33. The predicted octanol–water partition coefficient (Wildman–Crippen LogP) is 3.41. The number of amides is 1. The van der Waals surface area contributed by atoms with E-state index in [2.05, 4.69) is 25.6 Å². The van der Waals surface area contributed by atoms with Crippen LogP contribution >= 0.6 is 0 Å². The summed E-state index contributed by atoms with van der Waals surface area (Å²) in [6.45, 7) is 3.31. The number of anilines is 2. The van der Waals surface area contributed by atoms with Gasteiger partial charge in [-0.3, -0.25) is 10.2 Å². The molecule has 1 amide bonds. The molecule has 1 aliphatic rings. The highest BCUT2D eigenvalue weighted by Gasteiger charge is 2.21. The summed E-state index contributed by atoms with van der Waals surface area (Å²) in [5, 5.41) is 14.9. The number of fused-ring (bicyclic) bond motifs is 1. The maximum absolute atomic E-state index is 12.3. The van der Waals surface area contributed by atoms with Crippen LogP contribution in [0.4, 0.5) is 11.5 Å². The lowest BCUT2D eigenvalue weighted by molar-refractivity contribution is -0.110. The van der Waals surface area contributed by atoms with Gasteiger partial charge in [0.25, 0.3) is 5.91 Å². The number of H-pyrrole nitrogens is 1. The monoisotopic (exact) mass is 389 g/mol. The molecule has 0 unspecified atom stereocenters. The topological polar surface area (TPSA) is 133 Å². The molecular formula is C21H23N7O.